The molecule has 0 aliphatic rings. The minimum atomic E-state index is -0.223. The van der Waals surface area contributed by atoms with Gasteiger partial charge < -0.3 is 20.5 Å². The highest BCUT2D eigenvalue weighted by molar-refractivity contribution is 6.04. The molecule has 2 rings (SSSR count). The molecule has 0 atom stereocenters. The van der Waals surface area contributed by atoms with Gasteiger partial charge in [-0.05, 0) is 50.2 Å². The molecule has 0 fully saturated rings. The largest absolute Gasteiger partial charge is 0.495 e. The van der Waals surface area contributed by atoms with Gasteiger partial charge in [0.25, 0.3) is 5.91 Å². The molecule has 2 aromatic rings. The zero-order valence-electron chi connectivity index (χ0n) is 12.9. The fourth-order valence-electron chi connectivity index (χ4n) is 2.00. The Kier molecular flexibility index (Phi) is 4.88. The average Bonchev–Trinajstić information content (AvgIpc) is 2.47. The second kappa shape index (κ2) is 6.85. The van der Waals surface area contributed by atoms with Crippen LogP contribution in [0.3, 0.4) is 0 Å². The Labute approximate surface area is 130 Å². The Bertz CT molecular complexity index is 669. The number of amides is 1. The Hall–Kier alpha value is -2.69. The molecule has 1 amide bonds. The fraction of sp³-hybridized carbons (Fsp3) is 0.235. The van der Waals surface area contributed by atoms with Crippen LogP contribution in [0.15, 0.2) is 42.5 Å². The maximum atomic E-state index is 12.3. The van der Waals surface area contributed by atoms with Gasteiger partial charge in [0.15, 0.2) is 0 Å². The van der Waals surface area contributed by atoms with Crippen molar-refractivity contribution in [3.8, 4) is 11.5 Å². The van der Waals surface area contributed by atoms with Crippen LogP contribution in [0.5, 0.6) is 11.5 Å². The predicted molar refractivity (Wildman–Crippen MR) is 87.6 cm³/mol. The smallest absolute Gasteiger partial charge is 0.255 e. The van der Waals surface area contributed by atoms with Crippen molar-refractivity contribution in [2.24, 2.45) is 0 Å². The number of nitrogens with two attached hydrogens (primary N) is 1. The van der Waals surface area contributed by atoms with E-state index in [9.17, 15) is 4.79 Å². The maximum Gasteiger partial charge on any atom is 0.255 e. The van der Waals surface area contributed by atoms with Gasteiger partial charge >= 0.3 is 0 Å². The van der Waals surface area contributed by atoms with E-state index >= 15 is 0 Å². The Morgan fingerprint density at radius 1 is 1.18 bits per heavy atom. The molecule has 2 aromatic carbocycles. The number of anilines is 2. The molecule has 3 N–H and O–H groups in total. The van der Waals surface area contributed by atoms with Gasteiger partial charge in [-0.2, -0.15) is 0 Å². The van der Waals surface area contributed by atoms with Crippen LogP contribution in [0.4, 0.5) is 11.4 Å². The van der Waals surface area contributed by atoms with E-state index in [2.05, 4.69) is 5.32 Å². The maximum absolute atomic E-state index is 12.3. The van der Waals surface area contributed by atoms with Crippen LogP contribution in [0, 0.1) is 0 Å². The van der Waals surface area contributed by atoms with Crippen molar-refractivity contribution in [2.75, 3.05) is 18.2 Å². The minimum Gasteiger partial charge on any atom is -0.495 e. The number of nitrogens with one attached hydrogen (secondary N) is 1. The lowest BCUT2D eigenvalue weighted by atomic mass is 10.2. The summed E-state index contributed by atoms with van der Waals surface area (Å²) in [6.45, 7) is 3.87. The van der Waals surface area contributed by atoms with Crippen molar-refractivity contribution >= 4 is 17.3 Å². The summed E-state index contributed by atoms with van der Waals surface area (Å²) in [5.74, 6) is 1.01. The number of methoxy groups -OCH3 is 1. The molecular weight excluding hydrogens is 280 g/mol. The predicted octanol–water partition coefficient (Wildman–Crippen LogP) is 3.32. The van der Waals surface area contributed by atoms with Gasteiger partial charge in [-0.3, -0.25) is 4.79 Å². The molecular formula is C17H20N2O3. The van der Waals surface area contributed by atoms with E-state index in [1.165, 1.54) is 0 Å². The van der Waals surface area contributed by atoms with Gasteiger partial charge in [-0.25, -0.2) is 0 Å². The summed E-state index contributed by atoms with van der Waals surface area (Å²) in [5, 5.41) is 2.80. The highest BCUT2D eigenvalue weighted by atomic mass is 16.5. The van der Waals surface area contributed by atoms with E-state index < -0.39 is 0 Å². The van der Waals surface area contributed by atoms with Gasteiger partial charge in [0, 0.05) is 11.3 Å². The molecule has 0 spiro atoms. The number of benzene rings is 2. The molecule has 5 nitrogen and oxygen atoms in total. The Morgan fingerprint density at radius 2 is 1.95 bits per heavy atom. The van der Waals surface area contributed by atoms with Crippen LogP contribution in [0.1, 0.15) is 24.2 Å². The van der Waals surface area contributed by atoms with E-state index in [1.807, 2.05) is 19.9 Å². The number of hydrogen-bond acceptors (Lipinski definition) is 4. The monoisotopic (exact) mass is 300 g/mol. The molecule has 0 bridgehead atoms. The van der Waals surface area contributed by atoms with Crippen molar-refractivity contribution in [2.45, 2.75) is 20.0 Å². The first-order valence-electron chi connectivity index (χ1n) is 7.01. The van der Waals surface area contributed by atoms with Crippen molar-refractivity contribution < 1.29 is 14.3 Å². The lowest BCUT2D eigenvalue weighted by Crippen LogP contribution is -2.13. The third-order valence-electron chi connectivity index (χ3n) is 2.96. The van der Waals surface area contributed by atoms with Gasteiger partial charge in [0.1, 0.15) is 11.5 Å². The molecule has 0 saturated heterocycles. The summed E-state index contributed by atoms with van der Waals surface area (Å²) in [7, 11) is 1.55. The molecule has 0 heterocycles. The van der Waals surface area contributed by atoms with E-state index in [0.717, 1.165) is 0 Å². The normalized spacial score (nSPS) is 10.4. The highest BCUT2D eigenvalue weighted by Gasteiger charge is 2.09. The summed E-state index contributed by atoms with van der Waals surface area (Å²) in [5.41, 5.74) is 7.43. The zero-order valence-corrected chi connectivity index (χ0v) is 12.9. The number of ether oxygens (including phenoxy) is 2. The Morgan fingerprint density at radius 3 is 2.59 bits per heavy atom. The second-order valence-electron chi connectivity index (χ2n) is 5.11. The first-order chi connectivity index (χ1) is 10.5. The fourth-order valence-corrected chi connectivity index (χ4v) is 2.00. The standard InChI is InChI=1S/C17H20N2O3/c1-11(2)22-14-6-4-5-12(9-14)17(20)19-13-7-8-16(21-3)15(18)10-13/h4-11H,18H2,1-3H3,(H,19,20). The molecule has 0 aromatic heterocycles. The SMILES string of the molecule is COc1ccc(NC(=O)c2cccc(OC(C)C)c2)cc1N. The van der Waals surface area contributed by atoms with Crippen molar-refractivity contribution in [1.82, 2.24) is 0 Å². The van der Waals surface area contributed by atoms with Gasteiger partial charge in [-0.15, -0.1) is 0 Å². The summed E-state index contributed by atoms with van der Waals surface area (Å²) in [6.07, 6.45) is 0.0553. The van der Waals surface area contributed by atoms with Gasteiger partial charge in [-0.1, -0.05) is 6.07 Å². The lowest BCUT2D eigenvalue weighted by molar-refractivity contribution is 0.102. The number of hydrogen-bond donors (Lipinski definition) is 2. The third-order valence-corrected chi connectivity index (χ3v) is 2.96. The second-order valence-corrected chi connectivity index (χ2v) is 5.11. The van der Waals surface area contributed by atoms with E-state index in [-0.39, 0.29) is 12.0 Å². The minimum absolute atomic E-state index is 0.0553. The number of carbonyl (C=O) groups is 1. The van der Waals surface area contributed by atoms with Crippen LogP contribution in [0.25, 0.3) is 0 Å². The molecule has 0 saturated carbocycles. The van der Waals surface area contributed by atoms with Crippen LogP contribution >= 0.6 is 0 Å². The van der Waals surface area contributed by atoms with Crippen molar-refractivity contribution in [3.63, 3.8) is 0 Å². The molecule has 5 heteroatoms. The average molecular weight is 300 g/mol. The first-order valence-corrected chi connectivity index (χ1v) is 7.01. The molecule has 22 heavy (non-hydrogen) atoms. The van der Waals surface area contributed by atoms with Crippen LogP contribution in [-0.4, -0.2) is 19.1 Å². The number of nitrogen functional groups attached to an aromatic ring is 1. The molecule has 0 unspecified atom stereocenters. The van der Waals surface area contributed by atoms with Crippen molar-refractivity contribution in [3.05, 3.63) is 48.0 Å². The van der Waals surface area contributed by atoms with Crippen LogP contribution < -0.4 is 20.5 Å². The number of carbonyl (C=O) groups excluding carboxylic acids is 1. The molecule has 0 aliphatic heterocycles. The van der Waals surface area contributed by atoms with Gasteiger partial charge in [0.05, 0.1) is 18.9 Å². The van der Waals surface area contributed by atoms with E-state index in [0.29, 0.717) is 28.4 Å². The van der Waals surface area contributed by atoms with Crippen molar-refractivity contribution in [1.29, 1.82) is 0 Å². The zero-order chi connectivity index (χ0) is 16.1. The summed E-state index contributed by atoms with van der Waals surface area (Å²) >= 11 is 0. The molecule has 0 aliphatic carbocycles. The summed E-state index contributed by atoms with van der Waals surface area (Å²) in [4.78, 5) is 12.3. The molecule has 0 radical (unpaired) electrons. The molecule has 116 valence electrons. The first kappa shape index (κ1) is 15.7. The van der Waals surface area contributed by atoms with Crippen LogP contribution in [-0.2, 0) is 0 Å². The van der Waals surface area contributed by atoms with Crippen LogP contribution in [0.2, 0.25) is 0 Å². The van der Waals surface area contributed by atoms with E-state index in [1.54, 1.807) is 43.5 Å². The summed E-state index contributed by atoms with van der Waals surface area (Å²) in [6, 6.07) is 12.2. The lowest BCUT2D eigenvalue weighted by Gasteiger charge is -2.12. The summed E-state index contributed by atoms with van der Waals surface area (Å²) < 4.78 is 10.7. The van der Waals surface area contributed by atoms with Gasteiger partial charge in [0.2, 0.25) is 0 Å². The quantitative estimate of drug-likeness (QED) is 0.831. The third kappa shape index (κ3) is 3.91. The Balaban J connectivity index is 2.13. The topological polar surface area (TPSA) is 73.6 Å². The highest BCUT2D eigenvalue weighted by Crippen LogP contribution is 2.25. The van der Waals surface area contributed by atoms with E-state index in [4.69, 9.17) is 15.2 Å². The number of rotatable bonds is 5.